The molecule has 0 aliphatic heterocycles. The fraction of sp³-hybridized carbons (Fsp3) is 0.0175. The van der Waals surface area contributed by atoms with E-state index in [9.17, 15) is 0 Å². The summed E-state index contributed by atoms with van der Waals surface area (Å²) in [4.78, 5) is 10.2. The molecule has 10 aromatic rings. The van der Waals surface area contributed by atoms with E-state index < -0.39 is 5.41 Å². The molecule has 0 bridgehead atoms. The van der Waals surface area contributed by atoms with Gasteiger partial charge in [-0.1, -0.05) is 212 Å². The van der Waals surface area contributed by atoms with E-state index in [0.29, 0.717) is 5.82 Å². The number of hydrogen-bond donors (Lipinski definition) is 0. The Morgan fingerprint density at radius 2 is 0.831 bits per heavy atom. The summed E-state index contributed by atoms with van der Waals surface area (Å²) < 4.78 is 0. The summed E-state index contributed by atoms with van der Waals surface area (Å²) in [6.45, 7) is 0. The lowest BCUT2D eigenvalue weighted by atomic mass is 9.66. The Kier molecular flexibility index (Phi) is 8.41. The van der Waals surface area contributed by atoms with Crippen molar-refractivity contribution in [1.29, 1.82) is 0 Å². The number of aromatic nitrogens is 2. The highest BCUT2D eigenvalue weighted by atomic mass is 14.9. The molecular formula is C57H38N2. The normalized spacial score (nSPS) is 12.5. The van der Waals surface area contributed by atoms with Gasteiger partial charge in [0.2, 0.25) is 0 Å². The number of fused-ring (bicyclic) bond motifs is 5. The third-order valence-electron chi connectivity index (χ3n) is 12.0. The van der Waals surface area contributed by atoms with Crippen molar-refractivity contribution in [2.45, 2.75) is 5.41 Å². The van der Waals surface area contributed by atoms with Crippen LogP contribution in [0.15, 0.2) is 231 Å². The summed E-state index contributed by atoms with van der Waals surface area (Å²) in [6.07, 6.45) is 0. The lowest BCUT2D eigenvalue weighted by molar-refractivity contribution is 0.775. The van der Waals surface area contributed by atoms with Gasteiger partial charge in [-0.3, -0.25) is 0 Å². The summed E-state index contributed by atoms with van der Waals surface area (Å²) in [6, 6.07) is 83.0. The molecule has 0 spiro atoms. The Balaban J connectivity index is 1.06. The number of hydrogen-bond acceptors (Lipinski definition) is 2. The molecule has 0 radical (unpaired) electrons. The van der Waals surface area contributed by atoms with Gasteiger partial charge in [-0.15, -0.1) is 0 Å². The lowest BCUT2D eigenvalue weighted by Gasteiger charge is -2.35. The van der Waals surface area contributed by atoms with Crippen LogP contribution in [0.2, 0.25) is 0 Å². The van der Waals surface area contributed by atoms with Gasteiger partial charge in [0, 0.05) is 16.7 Å². The molecule has 1 heterocycles. The SMILES string of the molecule is c1ccc(-c2cc(-c3ccccc3)nc(-c3ccc(-c4cccc(-c5cc6ccccc6c6c5-c5ccccc5C6(c5ccccc5)c5ccccc5)c4)cc3)n2)cc1. The molecule has 59 heavy (non-hydrogen) atoms. The first kappa shape index (κ1) is 34.6. The van der Waals surface area contributed by atoms with Gasteiger partial charge in [-0.2, -0.15) is 0 Å². The zero-order valence-corrected chi connectivity index (χ0v) is 32.3. The Labute approximate surface area is 344 Å². The topological polar surface area (TPSA) is 25.8 Å². The largest absolute Gasteiger partial charge is 0.228 e. The van der Waals surface area contributed by atoms with E-state index in [1.807, 2.05) is 12.1 Å². The van der Waals surface area contributed by atoms with Crippen LogP contribution in [0.5, 0.6) is 0 Å². The third kappa shape index (κ3) is 5.80. The molecule has 2 nitrogen and oxygen atoms in total. The van der Waals surface area contributed by atoms with Crippen LogP contribution in [0.4, 0.5) is 0 Å². The van der Waals surface area contributed by atoms with Gasteiger partial charge >= 0.3 is 0 Å². The molecule has 1 aliphatic carbocycles. The van der Waals surface area contributed by atoms with Crippen LogP contribution in [0.3, 0.4) is 0 Å². The summed E-state index contributed by atoms with van der Waals surface area (Å²) in [5.41, 5.74) is 16.9. The lowest BCUT2D eigenvalue weighted by Crippen LogP contribution is -2.28. The average Bonchev–Trinajstić information content (AvgIpc) is 3.65. The van der Waals surface area contributed by atoms with Gasteiger partial charge in [0.15, 0.2) is 5.82 Å². The zero-order chi connectivity index (χ0) is 39.2. The van der Waals surface area contributed by atoms with Crippen LogP contribution < -0.4 is 0 Å². The van der Waals surface area contributed by atoms with Crippen LogP contribution in [-0.2, 0) is 5.41 Å². The smallest absolute Gasteiger partial charge is 0.160 e. The van der Waals surface area contributed by atoms with E-state index in [1.165, 1.54) is 55.3 Å². The fourth-order valence-corrected chi connectivity index (χ4v) is 9.32. The standard InChI is InChI=1S/C57H38N2/c1-5-18-40(19-6-1)52-38-53(41-20-7-2-8-21-41)59-56(58-52)42-34-32-39(33-35-42)43-23-17-24-44(36-43)50-37-45-22-13-14-29-48(45)55-54(50)49-30-15-16-31-51(49)57(55,46-25-9-3-10-26-46)47-27-11-4-12-28-47/h1-38H. The van der Waals surface area contributed by atoms with E-state index >= 15 is 0 Å². The predicted molar refractivity (Wildman–Crippen MR) is 244 cm³/mol. The maximum atomic E-state index is 5.08. The molecule has 0 saturated heterocycles. The Hall–Kier alpha value is -7.68. The van der Waals surface area contributed by atoms with Gasteiger partial charge < -0.3 is 0 Å². The van der Waals surface area contributed by atoms with Crippen molar-refractivity contribution in [3.05, 3.63) is 253 Å². The van der Waals surface area contributed by atoms with Crippen LogP contribution in [0.1, 0.15) is 22.3 Å². The van der Waals surface area contributed by atoms with E-state index in [1.54, 1.807) is 0 Å². The molecule has 1 aromatic heterocycles. The van der Waals surface area contributed by atoms with Gasteiger partial charge in [0.05, 0.1) is 16.8 Å². The van der Waals surface area contributed by atoms with Crippen LogP contribution in [0, 0.1) is 0 Å². The van der Waals surface area contributed by atoms with Gasteiger partial charge in [0.25, 0.3) is 0 Å². The number of benzene rings is 9. The first-order valence-corrected chi connectivity index (χ1v) is 20.2. The maximum absolute atomic E-state index is 5.08. The molecule has 1 aliphatic rings. The van der Waals surface area contributed by atoms with Crippen molar-refractivity contribution >= 4 is 10.8 Å². The summed E-state index contributed by atoms with van der Waals surface area (Å²) in [5.74, 6) is 0.705. The highest BCUT2D eigenvalue weighted by Crippen LogP contribution is 2.60. The predicted octanol–water partition coefficient (Wildman–Crippen LogP) is 14.3. The molecule has 276 valence electrons. The molecule has 0 amide bonds. The number of rotatable bonds is 7. The first-order chi connectivity index (χ1) is 29.3. The molecule has 0 N–H and O–H groups in total. The maximum Gasteiger partial charge on any atom is 0.160 e. The van der Waals surface area contributed by atoms with Crippen molar-refractivity contribution in [3.63, 3.8) is 0 Å². The molecule has 0 atom stereocenters. The second-order valence-electron chi connectivity index (χ2n) is 15.3. The van der Waals surface area contributed by atoms with E-state index in [-0.39, 0.29) is 0 Å². The summed E-state index contributed by atoms with van der Waals surface area (Å²) in [5, 5.41) is 2.50. The van der Waals surface area contributed by atoms with Crippen molar-refractivity contribution < 1.29 is 0 Å². The second-order valence-corrected chi connectivity index (χ2v) is 15.3. The van der Waals surface area contributed by atoms with Crippen molar-refractivity contribution in [1.82, 2.24) is 9.97 Å². The van der Waals surface area contributed by atoms with Gasteiger partial charge in [-0.05, 0) is 84.6 Å². The molecule has 0 unspecified atom stereocenters. The Bertz CT molecular complexity index is 3020. The minimum Gasteiger partial charge on any atom is -0.228 e. The first-order valence-electron chi connectivity index (χ1n) is 20.2. The second kappa shape index (κ2) is 14.4. The van der Waals surface area contributed by atoms with Crippen molar-refractivity contribution in [2.75, 3.05) is 0 Å². The molecule has 2 heteroatoms. The zero-order valence-electron chi connectivity index (χ0n) is 32.3. The molecule has 0 saturated carbocycles. The van der Waals surface area contributed by atoms with Crippen molar-refractivity contribution in [2.24, 2.45) is 0 Å². The van der Waals surface area contributed by atoms with E-state index in [2.05, 4.69) is 218 Å². The minimum atomic E-state index is -0.502. The number of nitrogens with zero attached hydrogens (tertiary/aromatic N) is 2. The molecular weight excluding hydrogens is 713 g/mol. The highest BCUT2D eigenvalue weighted by molar-refractivity contribution is 6.07. The van der Waals surface area contributed by atoms with E-state index in [0.717, 1.165) is 39.2 Å². The highest BCUT2D eigenvalue weighted by Gasteiger charge is 2.48. The summed E-state index contributed by atoms with van der Waals surface area (Å²) >= 11 is 0. The van der Waals surface area contributed by atoms with E-state index in [4.69, 9.17) is 9.97 Å². The quantitative estimate of drug-likeness (QED) is 0.162. The van der Waals surface area contributed by atoms with Crippen LogP contribution in [0.25, 0.3) is 78.1 Å². The molecule has 11 rings (SSSR count). The van der Waals surface area contributed by atoms with Crippen LogP contribution in [-0.4, -0.2) is 9.97 Å². The van der Waals surface area contributed by atoms with Crippen molar-refractivity contribution in [3.8, 4) is 67.3 Å². The van der Waals surface area contributed by atoms with Crippen LogP contribution >= 0.6 is 0 Å². The van der Waals surface area contributed by atoms with Gasteiger partial charge in [-0.25, -0.2) is 9.97 Å². The summed E-state index contributed by atoms with van der Waals surface area (Å²) in [7, 11) is 0. The molecule has 0 fully saturated rings. The van der Waals surface area contributed by atoms with Gasteiger partial charge in [0.1, 0.15) is 0 Å². The minimum absolute atomic E-state index is 0.502. The fourth-order valence-electron chi connectivity index (χ4n) is 9.32. The average molecular weight is 751 g/mol. The molecule has 9 aromatic carbocycles. The monoisotopic (exact) mass is 750 g/mol. The third-order valence-corrected chi connectivity index (χ3v) is 12.0. The Morgan fingerprint density at radius 3 is 1.47 bits per heavy atom. The Morgan fingerprint density at radius 1 is 0.322 bits per heavy atom.